The summed E-state index contributed by atoms with van der Waals surface area (Å²) in [5.74, 6) is 0.827. The van der Waals surface area contributed by atoms with Gasteiger partial charge in [0, 0.05) is 16.2 Å². The summed E-state index contributed by atoms with van der Waals surface area (Å²) in [6.45, 7) is 0. The predicted octanol–water partition coefficient (Wildman–Crippen LogP) is 3.27. The molecule has 21 heavy (non-hydrogen) atoms. The summed E-state index contributed by atoms with van der Waals surface area (Å²) in [7, 11) is -0.748. The molecule has 7 heteroatoms. The van der Waals surface area contributed by atoms with Gasteiger partial charge in [0.2, 0.25) is 0 Å². The lowest BCUT2D eigenvalue weighted by Gasteiger charge is -2.11. The van der Waals surface area contributed by atoms with Crippen LogP contribution in [-0.2, 0) is 10.0 Å². The summed E-state index contributed by atoms with van der Waals surface area (Å²) >= 11 is 3.30. The molecule has 0 saturated heterocycles. The fourth-order valence-electron chi connectivity index (χ4n) is 1.75. The third-order valence-corrected chi connectivity index (χ3v) is 4.61. The van der Waals surface area contributed by atoms with Crippen LogP contribution in [0.3, 0.4) is 0 Å². The zero-order valence-electron chi connectivity index (χ0n) is 11.5. The van der Waals surface area contributed by atoms with Crippen molar-refractivity contribution < 1.29 is 17.9 Å². The summed E-state index contributed by atoms with van der Waals surface area (Å²) in [5, 5.41) is 0. The molecule has 0 aliphatic heterocycles. The Balaban J connectivity index is 2.35. The Morgan fingerprint density at radius 3 is 2.33 bits per heavy atom. The molecule has 0 heterocycles. The van der Waals surface area contributed by atoms with E-state index in [1.807, 2.05) is 6.07 Å². The fraction of sp³-hybridized carbons (Fsp3) is 0.143. The highest BCUT2D eigenvalue weighted by Crippen LogP contribution is 2.30. The number of hydrogen-bond donors (Lipinski definition) is 1. The molecule has 2 aromatic carbocycles. The molecule has 0 unspecified atom stereocenters. The quantitative estimate of drug-likeness (QED) is 0.875. The third kappa shape index (κ3) is 3.68. The van der Waals surface area contributed by atoms with Gasteiger partial charge >= 0.3 is 0 Å². The molecule has 2 aromatic rings. The van der Waals surface area contributed by atoms with Crippen molar-refractivity contribution in [1.29, 1.82) is 0 Å². The largest absolute Gasteiger partial charge is 0.493 e. The number of methoxy groups -OCH3 is 2. The second-order valence-corrected chi connectivity index (χ2v) is 6.73. The molecule has 0 saturated carbocycles. The minimum atomic E-state index is -3.69. The molecule has 0 radical (unpaired) electrons. The second-order valence-electron chi connectivity index (χ2n) is 4.13. The van der Waals surface area contributed by atoms with Gasteiger partial charge in [-0.2, -0.15) is 0 Å². The van der Waals surface area contributed by atoms with Crippen molar-refractivity contribution in [2.75, 3.05) is 18.9 Å². The average Bonchev–Trinajstić information content (AvgIpc) is 2.46. The Morgan fingerprint density at radius 1 is 1.00 bits per heavy atom. The van der Waals surface area contributed by atoms with Crippen LogP contribution < -0.4 is 14.2 Å². The van der Waals surface area contributed by atoms with Crippen molar-refractivity contribution in [3.8, 4) is 11.5 Å². The van der Waals surface area contributed by atoms with Crippen LogP contribution in [-0.4, -0.2) is 22.6 Å². The van der Waals surface area contributed by atoms with Crippen LogP contribution >= 0.6 is 15.9 Å². The molecule has 112 valence electrons. The van der Waals surface area contributed by atoms with E-state index >= 15 is 0 Å². The highest BCUT2D eigenvalue weighted by atomic mass is 79.9. The van der Waals surface area contributed by atoms with Crippen LogP contribution in [0.2, 0.25) is 0 Å². The number of ether oxygens (including phenoxy) is 2. The second kappa shape index (κ2) is 6.36. The number of anilines is 1. The van der Waals surface area contributed by atoms with E-state index in [-0.39, 0.29) is 4.90 Å². The van der Waals surface area contributed by atoms with Gasteiger partial charge < -0.3 is 9.47 Å². The van der Waals surface area contributed by atoms with Crippen LogP contribution in [0.5, 0.6) is 11.5 Å². The molecular formula is C14H14BrNO4S. The molecule has 0 fully saturated rings. The lowest BCUT2D eigenvalue weighted by Crippen LogP contribution is -2.13. The van der Waals surface area contributed by atoms with Crippen molar-refractivity contribution in [3.63, 3.8) is 0 Å². The molecular weight excluding hydrogens is 358 g/mol. The Bertz CT molecular complexity index is 746. The highest BCUT2D eigenvalue weighted by Gasteiger charge is 2.17. The Hall–Kier alpha value is -1.73. The Kier molecular flexibility index (Phi) is 4.74. The van der Waals surface area contributed by atoms with E-state index in [2.05, 4.69) is 20.7 Å². The van der Waals surface area contributed by atoms with E-state index in [0.29, 0.717) is 17.2 Å². The van der Waals surface area contributed by atoms with Crippen LogP contribution in [0.4, 0.5) is 5.69 Å². The van der Waals surface area contributed by atoms with Gasteiger partial charge in [0.25, 0.3) is 10.0 Å². The minimum absolute atomic E-state index is 0.0973. The first-order valence-electron chi connectivity index (χ1n) is 5.96. The molecule has 0 aromatic heterocycles. The van der Waals surface area contributed by atoms with E-state index in [4.69, 9.17) is 9.47 Å². The van der Waals surface area contributed by atoms with Crippen LogP contribution in [0, 0.1) is 0 Å². The van der Waals surface area contributed by atoms with E-state index in [1.165, 1.54) is 26.4 Å². The van der Waals surface area contributed by atoms with E-state index in [9.17, 15) is 8.42 Å². The number of nitrogens with one attached hydrogen (secondary N) is 1. The highest BCUT2D eigenvalue weighted by molar-refractivity contribution is 9.10. The Morgan fingerprint density at radius 2 is 1.71 bits per heavy atom. The normalized spacial score (nSPS) is 11.0. The van der Waals surface area contributed by atoms with E-state index < -0.39 is 10.0 Å². The zero-order valence-corrected chi connectivity index (χ0v) is 13.9. The predicted molar refractivity (Wildman–Crippen MR) is 84.5 cm³/mol. The summed E-state index contributed by atoms with van der Waals surface area (Å²) in [4.78, 5) is 0.0973. The van der Waals surface area contributed by atoms with Gasteiger partial charge in [-0.25, -0.2) is 8.42 Å². The topological polar surface area (TPSA) is 64.6 Å². The minimum Gasteiger partial charge on any atom is -0.493 e. The van der Waals surface area contributed by atoms with Crippen molar-refractivity contribution in [3.05, 3.63) is 46.9 Å². The standard InChI is InChI=1S/C14H14BrNO4S/c1-19-13-7-6-12(9-14(13)20-2)21(17,18)16-11-5-3-4-10(15)8-11/h3-9,16H,1-2H3. The lowest BCUT2D eigenvalue weighted by molar-refractivity contribution is 0.354. The van der Waals surface area contributed by atoms with E-state index in [0.717, 1.165) is 4.47 Å². The molecule has 0 atom stereocenters. The van der Waals surface area contributed by atoms with Crippen LogP contribution in [0.25, 0.3) is 0 Å². The monoisotopic (exact) mass is 371 g/mol. The van der Waals surface area contributed by atoms with Crippen molar-refractivity contribution in [2.24, 2.45) is 0 Å². The SMILES string of the molecule is COc1ccc(S(=O)(=O)Nc2cccc(Br)c2)cc1OC. The fourth-order valence-corrected chi connectivity index (χ4v) is 3.21. The van der Waals surface area contributed by atoms with Gasteiger partial charge in [-0.05, 0) is 30.3 Å². The number of rotatable bonds is 5. The van der Waals surface area contributed by atoms with Crippen molar-refractivity contribution >= 4 is 31.6 Å². The average molecular weight is 372 g/mol. The smallest absolute Gasteiger partial charge is 0.262 e. The molecule has 0 amide bonds. The maximum atomic E-state index is 12.4. The lowest BCUT2D eigenvalue weighted by atomic mass is 10.3. The van der Waals surface area contributed by atoms with Gasteiger partial charge in [0.05, 0.1) is 19.1 Å². The van der Waals surface area contributed by atoms with Crippen molar-refractivity contribution in [1.82, 2.24) is 0 Å². The van der Waals surface area contributed by atoms with Gasteiger partial charge in [-0.1, -0.05) is 22.0 Å². The summed E-state index contributed by atoms with van der Waals surface area (Å²) in [6, 6.07) is 11.3. The van der Waals surface area contributed by atoms with Crippen LogP contribution in [0.15, 0.2) is 51.8 Å². The molecule has 0 aliphatic rings. The van der Waals surface area contributed by atoms with Gasteiger partial charge in [0.15, 0.2) is 11.5 Å². The summed E-state index contributed by atoms with van der Waals surface area (Å²) < 4.78 is 38.2. The van der Waals surface area contributed by atoms with Crippen LogP contribution in [0.1, 0.15) is 0 Å². The number of benzene rings is 2. The molecule has 1 N–H and O–H groups in total. The maximum Gasteiger partial charge on any atom is 0.262 e. The first kappa shape index (κ1) is 15.7. The summed E-state index contributed by atoms with van der Waals surface area (Å²) in [5.41, 5.74) is 0.471. The molecule has 5 nitrogen and oxygen atoms in total. The van der Waals surface area contributed by atoms with Gasteiger partial charge in [-0.3, -0.25) is 4.72 Å². The number of sulfonamides is 1. The number of halogens is 1. The number of hydrogen-bond acceptors (Lipinski definition) is 4. The van der Waals surface area contributed by atoms with Gasteiger partial charge in [0.1, 0.15) is 0 Å². The third-order valence-electron chi connectivity index (χ3n) is 2.74. The first-order valence-corrected chi connectivity index (χ1v) is 8.24. The molecule has 0 bridgehead atoms. The maximum absolute atomic E-state index is 12.4. The zero-order chi connectivity index (χ0) is 15.5. The van der Waals surface area contributed by atoms with Crippen molar-refractivity contribution in [2.45, 2.75) is 4.90 Å². The summed E-state index contributed by atoms with van der Waals surface area (Å²) in [6.07, 6.45) is 0. The first-order chi connectivity index (χ1) is 9.96. The van der Waals surface area contributed by atoms with E-state index in [1.54, 1.807) is 24.3 Å². The molecule has 2 rings (SSSR count). The molecule has 0 spiro atoms. The van der Waals surface area contributed by atoms with Gasteiger partial charge in [-0.15, -0.1) is 0 Å². The molecule has 0 aliphatic carbocycles. The Labute approximate surface area is 132 Å².